The molecule has 0 atom stereocenters. The van der Waals surface area contributed by atoms with Crippen molar-refractivity contribution < 1.29 is 19.1 Å². The molecule has 202 valence electrons. The molecule has 1 fully saturated rings. The van der Waals surface area contributed by atoms with Gasteiger partial charge in [-0.05, 0) is 84.5 Å². The van der Waals surface area contributed by atoms with E-state index in [4.69, 9.17) is 21.7 Å². The SMILES string of the molecule is O=C1NC(=S)N(c2ccc(Oc3ccccc3)cc2)C(=O)C1=Cc1cccc(OC2=NNNN2c2ccccc2)c1. The van der Waals surface area contributed by atoms with Crippen LogP contribution < -0.4 is 35.8 Å². The maximum Gasteiger partial charge on any atom is 0.337 e. The molecule has 2 heterocycles. The van der Waals surface area contributed by atoms with Crippen molar-refractivity contribution in [1.82, 2.24) is 16.4 Å². The van der Waals surface area contributed by atoms with E-state index < -0.39 is 11.8 Å². The van der Waals surface area contributed by atoms with E-state index in [-0.39, 0.29) is 16.7 Å². The molecule has 4 aromatic carbocycles. The van der Waals surface area contributed by atoms with Gasteiger partial charge in [0, 0.05) is 0 Å². The number of hydrogen-bond donors (Lipinski definition) is 3. The molecular weight excluding hydrogens is 540 g/mol. The molecule has 3 N–H and O–H groups in total. The quantitative estimate of drug-likeness (QED) is 0.179. The molecule has 1 saturated heterocycles. The minimum absolute atomic E-state index is 0.00814. The standard InChI is InChI=1S/C30H22N6O4S/c37-27-26(19-20-8-7-13-25(18-20)40-29-32-33-34-36(29)22-9-3-1-4-10-22)28(38)35(30(41)31-27)21-14-16-24(17-15-21)39-23-11-5-2-6-12-23/h1-19,33-34H,(H,31,37,41). The first kappa shape index (κ1) is 25.7. The Kier molecular flexibility index (Phi) is 7.10. The summed E-state index contributed by atoms with van der Waals surface area (Å²) in [5.41, 5.74) is 7.37. The second kappa shape index (κ2) is 11.3. The fourth-order valence-corrected chi connectivity index (χ4v) is 4.44. The van der Waals surface area contributed by atoms with Gasteiger partial charge < -0.3 is 9.47 Å². The number of benzene rings is 4. The van der Waals surface area contributed by atoms with Gasteiger partial charge in [0.25, 0.3) is 11.8 Å². The zero-order valence-electron chi connectivity index (χ0n) is 21.4. The Hall–Kier alpha value is -5.52. The van der Waals surface area contributed by atoms with Crippen molar-refractivity contribution in [2.75, 3.05) is 9.91 Å². The zero-order valence-corrected chi connectivity index (χ0v) is 22.2. The number of hydrogen-bond acceptors (Lipinski definition) is 9. The minimum atomic E-state index is -0.588. The summed E-state index contributed by atoms with van der Waals surface area (Å²) in [6.07, 6.45) is 1.49. The zero-order chi connectivity index (χ0) is 28.2. The van der Waals surface area contributed by atoms with E-state index in [1.807, 2.05) is 60.7 Å². The van der Waals surface area contributed by atoms with E-state index in [1.165, 1.54) is 11.0 Å². The average molecular weight is 563 g/mol. The van der Waals surface area contributed by atoms with Crippen molar-refractivity contribution in [1.29, 1.82) is 0 Å². The molecular formula is C30H22N6O4S. The third kappa shape index (κ3) is 5.62. The number of carbonyl (C=O) groups excluding carboxylic acids is 2. The number of hydrazine groups is 2. The lowest BCUT2D eigenvalue weighted by molar-refractivity contribution is -0.122. The lowest BCUT2D eigenvalue weighted by Crippen LogP contribution is -2.54. The normalized spacial score (nSPS) is 15.9. The molecule has 0 unspecified atom stereocenters. The molecule has 2 aliphatic rings. The smallest absolute Gasteiger partial charge is 0.337 e. The molecule has 41 heavy (non-hydrogen) atoms. The van der Waals surface area contributed by atoms with Gasteiger partial charge in [-0.2, -0.15) is 0 Å². The Morgan fingerprint density at radius 3 is 2.17 bits per heavy atom. The van der Waals surface area contributed by atoms with Crippen LogP contribution in [0.4, 0.5) is 11.4 Å². The molecule has 0 aromatic heterocycles. The summed E-state index contributed by atoms with van der Waals surface area (Å²) in [5, 5.41) is 8.37. The number of nitrogens with one attached hydrogen (secondary N) is 3. The fraction of sp³-hybridized carbons (Fsp3) is 0. The highest BCUT2D eigenvalue weighted by Crippen LogP contribution is 2.27. The van der Waals surface area contributed by atoms with Gasteiger partial charge in [0.1, 0.15) is 22.8 Å². The molecule has 0 bridgehead atoms. The number of amides is 2. The predicted molar refractivity (Wildman–Crippen MR) is 159 cm³/mol. The van der Waals surface area contributed by atoms with Crippen molar-refractivity contribution in [3.63, 3.8) is 0 Å². The van der Waals surface area contributed by atoms with E-state index >= 15 is 0 Å². The highest BCUT2D eigenvalue weighted by Gasteiger charge is 2.34. The third-order valence-electron chi connectivity index (χ3n) is 6.07. The Labute approximate surface area is 240 Å². The molecule has 6 rings (SSSR count). The second-order valence-electron chi connectivity index (χ2n) is 8.83. The Morgan fingerprint density at radius 2 is 1.41 bits per heavy atom. The Morgan fingerprint density at radius 1 is 0.732 bits per heavy atom. The van der Waals surface area contributed by atoms with E-state index in [1.54, 1.807) is 53.5 Å². The number of nitrogens with zero attached hydrogens (tertiary/aromatic N) is 3. The Balaban J connectivity index is 1.21. The summed E-state index contributed by atoms with van der Waals surface area (Å²) in [6.45, 7) is 0. The first-order chi connectivity index (χ1) is 20.0. The summed E-state index contributed by atoms with van der Waals surface area (Å²) in [5.74, 6) is 0.597. The maximum atomic E-state index is 13.5. The lowest BCUT2D eigenvalue weighted by Gasteiger charge is -2.29. The van der Waals surface area contributed by atoms with Crippen LogP contribution in [0.1, 0.15) is 5.56 Å². The number of anilines is 2. The highest BCUT2D eigenvalue weighted by molar-refractivity contribution is 7.80. The van der Waals surface area contributed by atoms with E-state index in [9.17, 15) is 9.59 Å². The summed E-state index contributed by atoms with van der Waals surface area (Å²) in [4.78, 5) is 27.6. The first-order valence-corrected chi connectivity index (χ1v) is 12.9. The second-order valence-corrected chi connectivity index (χ2v) is 9.22. The molecule has 2 amide bonds. The van der Waals surface area contributed by atoms with Crippen LogP contribution in [0, 0.1) is 0 Å². The molecule has 0 aliphatic carbocycles. The largest absolute Gasteiger partial charge is 0.457 e. The topological polar surface area (TPSA) is 108 Å². The monoisotopic (exact) mass is 562 g/mol. The van der Waals surface area contributed by atoms with Gasteiger partial charge in [0.2, 0.25) is 0 Å². The van der Waals surface area contributed by atoms with E-state index in [2.05, 4.69) is 21.5 Å². The van der Waals surface area contributed by atoms with Crippen LogP contribution >= 0.6 is 12.2 Å². The molecule has 11 heteroatoms. The highest BCUT2D eigenvalue weighted by atomic mass is 32.1. The predicted octanol–water partition coefficient (Wildman–Crippen LogP) is 4.49. The number of carbonyl (C=O) groups is 2. The van der Waals surface area contributed by atoms with Gasteiger partial charge in [0.05, 0.1) is 11.4 Å². The molecule has 4 aromatic rings. The lowest BCUT2D eigenvalue weighted by atomic mass is 10.1. The van der Waals surface area contributed by atoms with Crippen molar-refractivity contribution in [2.45, 2.75) is 0 Å². The van der Waals surface area contributed by atoms with Crippen molar-refractivity contribution in [2.24, 2.45) is 5.10 Å². The number of rotatable bonds is 6. The van der Waals surface area contributed by atoms with Gasteiger partial charge in [-0.15, -0.1) is 10.6 Å². The van der Waals surface area contributed by atoms with Crippen molar-refractivity contribution in [3.05, 3.63) is 120 Å². The summed E-state index contributed by atoms with van der Waals surface area (Å²) >= 11 is 5.34. The summed E-state index contributed by atoms with van der Waals surface area (Å²) in [6, 6.07) is 32.9. The van der Waals surface area contributed by atoms with Crippen LogP contribution in [0.15, 0.2) is 120 Å². The van der Waals surface area contributed by atoms with Gasteiger partial charge in [-0.25, -0.2) is 10.5 Å². The molecule has 10 nitrogen and oxygen atoms in total. The van der Waals surface area contributed by atoms with E-state index in [0.717, 1.165) is 5.69 Å². The molecule has 0 radical (unpaired) electrons. The number of ether oxygens (including phenoxy) is 2. The summed E-state index contributed by atoms with van der Waals surface area (Å²) in [7, 11) is 0. The average Bonchev–Trinajstić information content (AvgIpc) is 3.45. The van der Waals surface area contributed by atoms with Gasteiger partial charge >= 0.3 is 6.02 Å². The van der Waals surface area contributed by atoms with Gasteiger partial charge in [0.15, 0.2) is 5.11 Å². The molecule has 2 aliphatic heterocycles. The third-order valence-corrected chi connectivity index (χ3v) is 6.36. The van der Waals surface area contributed by atoms with Crippen LogP contribution in [0.5, 0.6) is 17.2 Å². The van der Waals surface area contributed by atoms with Crippen LogP contribution in [0.3, 0.4) is 0 Å². The number of thiocarbonyl (C=S) groups is 1. The number of hydrazone groups is 1. The maximum absolute atomic E-state index is 13.5. The van der Waals surface area contributed by atoms with Crippen LogP contribution in [0.2, 0.25) is 0 Å². The Bertz CT molecular complexity index is 1680. The number of amidine groups is 1. The molecule has 0 saturated carbocycles. The van der Waals surface area contributed by atoms with Gasteiger partial charge in [-0.1, -0.05) is 48.5 Å². The summed E-state index contributed by atoms with van der Waals surface area (Å²) < 4.78 is 11.8. The van der Waals surface area contributed by atoms with Gasteiger partial charge in [-0.3, -0.25) is 19.8 Å². The molecule has 0 spiro atoms. The number of para-hydroxylation sites is 2. The fourth-order valence-electron chi connectivity index (χ4n) is 4.16. The van der Waals surface area contributed by atoms with Crippen LogP contribution in [0.25, 0.3) is 6.08 Å². The minimum Gasteiger partial charge on any atom is -0.457 e. The first-order valence-electron chi connectivity index (χ1n) is 12.5. The van der Waals surface area contributed by atoms with Crippen LogP contribution in [-0.2, 0) is 9.59 Å². The van der Waals surface area contributed by atoms with E-state index in [0.29, 0.717) is 28.5 Å². The van der Waals surface area contributed by atoms with Crippen LogP contribution in [-0.4, -0.2) is 22.9 Å². The van der Waals surface area contributed by atoms with Crippen molar-refractivity contribution >= 4 is 52.6 Å². The van der Waals surface area contributed by atoms with Crippen molar-refractivity contribution in [3.8, 4) is 17.2 Å².